The first-order valence-corrected chi connectivity index (χ1v) is 5.67. The van der Waals surface area contributed by atoms with Gasteiger partial charge in [-0.3, -0.25) is 4.98 Å². The van der Waals surface area contributed by atoms with Crippen molar-refractivity contribution in [3.05, 3.63) is 41.7 Å². The second-order valence-electron chi connectivity index (χ2n) is 4.44. The Morgan fingerprint density at radius 2 is 1.48 bits per heavy atom. The van der Waals surface area contributed by atoms with E-state index in [2.05, 4.69) is 4.98 Å². The van der Waals surface area contributed by atoms with E-state index in [1.807, 2.05) is 0 Å². The number of hydrogen-bond acceptors (Lipinski definition) is 1. The Hall–Kier alpha value is -1.86. The van der Waals surface area contributed by atoms with Crippen molar-refractivity contribution in [2.24, 2.45) is 0 Å². The Morgan fingerprint density at radius 3 is 2.05 bits per heavy atom. The molecule has 2 aromatic rings. The minimum Gasteiger partial charge on any atom is -0.261 e. The smallest absolute Gasteiger partial charge is 0.261 e. The zero-order valence-electron chi connectivity index (χ0n) is 10.5. The molecule has 0 saturated carbocycles. The maximum Gasteiger partial charge on any atom is 0.460 e. The van der Waals surface area contributed by atoms with Gasteiger partial charge in [0.2, 0.25) is 0 Å². The highest BCUT2D eigenvalue weighted by Crippen LogP contribution is 2.52. The van der Waals surface area contributed by atoms with E-state index >= 15 is 0 Å². The summed E-state index contributed by atoms with van der Waals surface area (Å²) in [5.74, 6) is -11.6. The van der Waals surface area contributed by atoms with Crippen LogP contribution in [0.5, 0.6) is 0 Å². The van der Waals surface area contributed by atoms with E-state index in [0.29, 0.717) is 6.07 Å². The second kappa shape index (κ2) is 4.57. The molecule has 1 aromatic heterocycles. The van der Waals surface area contributed by atoms with Crippen molar-refractivity contribution >= 4 is 10.8 Å². The van der Waals surface area contributed by atoms with Crippen LogP contribution in [0.1, 0.15) is 11.3 Å². The molecule has 0 radical (unpaired) electrons. The summed E-state index contributed by atoms with van der Waals surface area (Å²) < 4.78 is 90.6. The van der Waals surface area contributed by atoms with Crippen molar-refractivity contribution in [3.63, 3.8) is 0 Å². The van der Waals surface area contributed by atoms with E-state index in [0.717, 1.165) is 18.3 Å². The van der Waals surface area contributed by atoms with E-state index in [1.165, 1.54) is 13.0 Å². The minimum atomic E-state index is -6.36. The summed E-state index contributed by atoms with van der Waals surface area (Å²) in [6.45, 7) is 1.44. The quantitative estimate of drug-likeness (QED) is 0.724. The normalized spacial score (nSPS) is 13.7. The summed E-state index contributed by atoms with van der Waals surface area (Å²) in [7, 11) is 0. The molecular weight excluding hydrogens is 303 g/mol. The third-order valence-corrected chi connectivity index (χ3v) is 3.09. The molecule has 0 amide bonds. The SMILES string of the molecule is Cc1nccc2c(C(F)(F)C(F)(F)C(F)(F)F)cccc12. The number of alkyl halides is 7. The van der Waals surface area contributed by atoms with E-state index in [1.54, 1.807) is 0 Å². The molecule has 21 heavy (non-hydrogen) atoms. The molecule has 0 saturated heterocycles. The van der Waals surface area contributed by atoms with Crippen molar-refractivity contribution in [1.29, 1.82) is 0 Å². The van der Waals surface area contributed by atoms with Gasteiger partial charge in [-0.15, -0.1) is 0 Å². The van der Waals surface area contributed by atoms with Gasteiger partial charge in [-0.2, -0.15) is 30.7 Å². The van der Waals surface area contributed by atoms with E-state index < -0.39 is 23.6 Å². The third kappa shape index (κ3) is 2.22. The van der Waals surface area contributed by atoms with Crippen molar-refractivity contribution in [3.8, 4) is 0 Å². The summed E-state index contributed by atoms with van der Waals surface area (Å²) in [6.07, 6.45) is -5.29. The van der Waals surface area contributed by atoms with Gasteiger partial charge in [0.05, 0.1) is 0 Å². The minimum absolute atomic E-state index is 0.0904. The maximum absolute atomic E-state index is 13.8. The summed E-state index contributed by atoms with van der Waals surface area (Å²) in [5, 5.41) is -0.299. The number of aryl methyl sites for hydroxylation is 1. The molecule has 0 atom stereocenters. The summed E-state index contributed by atoms with van der Waals surface area (Å²) in [4.78, 5) is 3.79. The van der Waals surface area contributed by atoms with Crippen LogP contribution in [0.4, 0.5) is 30.7 Å². The van der Waals surface area contributed by atoms with E-state index in [4.69, 9.17) is 0 Å². The summed E-state index contributed by atoms with van der Waals surface area (Å²) in [6, 6.07) is 3.86. The molecule has 0 aliphatic heterocycles. The Kier molecular flexibility index (Phi) is 3.38. The fraction of sp³-hybridized carbons (Fsp3) is 0.308. The number of fused-ring (bicyclic) bond motifs is 1. The second-order valence-corrected chi connectivity index (χ2v) is 4.44. The average molecular weight is 311 g/mol. The maximum atomic E-state index is 13.8. The topological polar surface area (TPSA) is 12.9 Å². The largest absolute Gasteiger partial charge is 0.460 e. The van der Waals surface area contributed by atoms with Gasteiger partial charge in [0, 0.05) is 22.8 Å². The van der Waals surface area contributed by atoms with Crippen LogP contribution < -0.4 is 0 Å². The number of aromatic nitrogens is 1. The van der Waals surface area contributed by atoms with Crippen LogP contribution in [0, 0.1) is 6.92 Å². The highest BCUT2D eigenvalue weighted by Gasteiger charge is 2.73. The molecule has 1 heterocycles. The van der Waals surface area contributed by atoms with Crippen molar-refractivity contribution in [2.75, 3.05) is 0 Å². The number of rotatable bonds is 2. The highest BCUT2D eigenvalue weighted by molar-refractivity contribution is 5.88. The van der Waals surface area contributed by atoms with Crippen LogP contribution in [0.25, 0.3) is 10.8 Å². The Balaban J connectivity index is 2.74. The number of pyridine rings is 1. The lowest BCUT2D eigenvalue weighted by molar-refractivity contribution is -0.359. The summed E-state index contributed by atoms with van der Waals surface area (Å²) in [5.41, 5.74) is -1.13. The molecule has 1 aromatic carbocycles. The van der Waals surface area contributed by atoms with Gasteiger partial charge in [-0.05, 0) is 18.4 Å². The first-order chi connectivity index (χ1) is 9.50. The molecule has 0 aliphatic carbocycles. The number of hydrogen-bond donors (Lipinski definition) is 0. The lowest BCUT2D eigenvalue weighted by Gasteiger charge is -2.29. The lowest BCUT2D eigenvalue weighted by atomic mass is 9.95. The molecule has 8 heteroatoms. The zero-order valence-corrected chi connectivity index (χ0v) is 10.5. The molecule has 0 N–H and O–H groups in total. The molecule has 0 fully saturated rings. The van der Waals surface area contributed by atoms with Crippen LogP contribution in [0.2, 0.25) is 0 Å². The zero-order chi connectivity index (χ0) is 16.1. The van der Waals surface area contributed by atoms with Gasteiger partial charge in [-0.1, -0.05) is 18.2 Å². The predicted molar refractivity (Wildman–Crippen MR) is 61.4 cm³/mol. The monoisotopic (exact) mass is 311 g/mol. The van der Waals surface area contributed by atoms with Crippen LogP contribution in [0.15, 0.2) is 30.5 Å². The van der Waals surface area contributed by atoms with Gasteiger partial charge < -0.3 is 0 Å². The number of benzene rings is 1. The molecule has 0 bridgehead atoms. The fourth-order valence-electron chi connectivity index (χ4n) is 1.97. The lowest BCUT2D eigenvalue weighted by Crippen LogP contribution is -2.50. The first kappa shape index (κ1) is 15.5. The van der Waals surface area contributed by atoms with Crippen LogP contribution in [-0.4, -0.2) is 17.1 Å². The average Bonchev–Trinajstić information content (AvgIpc) is 2.37. The van der Waals surface area contributed by atoms with Gasteiger partial charge in [-0.25, -0.2) is 0 Å². The molecular formula is C13H8F7N. The van der Waals surface area contributed by atoms with Crippen LogP contribution in [0.3, 0.4) is 0 Å². The van der Waals surface area contributed by atoms with Gasteiger partial charge in [0.15, 0.2) is 0 Å². The predicted octanol–water partition coefficient (Wildman–Crippen LogP) is 4.83. The molecule has 0 unspecified atom stereocenters. The third-order valence-electron chi connectivity index (χ3n) is 3.09. The van der Waals surface area contributed by atoms with Crippen molar-refractivity contribution in [2.45, 2.75) is 24.9 Å². The number of nitrogens with zero attached hydrogens (tertiary/aromatic N) is 1. The van der Waals surface area contributed by atoms with Crippen LogP contribution in [-0.2, 0) is 5.92 Å². The summed E-state index contributed by atoms with van der Waals surface area (Å²) >= 11 is 0. The molecule has 0 aliphatic rings. The standard InChI is InChI=1S/C13H8F7N/c1-7-8-3-2-4-10(9(8)5-6-21-7)11(14,15)12(16,17)13(18,19)20/h2-6H,1H3. The highest BCUT2D eigenvalue weighted by atomic mass is 19.4. The molecule has 2 rings (SSSR count). The molecule has 0 spiro atoms. The molecule has 1 nitrogen and oxygen atoms in total. The van der Waals surface area contributed by atoms with Crippen molar-refractivity contribution < 1.29 is 30.7 Å². The van der Waals surface area contributed by atoms with Gasteiger partial charge >= 0.3 is 18.0 Å². The number of halogens is 7. The Labute approximate surface area is 114 Å². The van der Waals surface area contributed by atoms with Crippen LogP contribution >= 0.6 is 0 Å². The van der Waals surface area contributed by atoms with Gasteiger partial charge in [0.1, 0.15) is 0 Å². The Bertz CT molecular complexity index is 676. The molecule has 114 valence electrons. The van der Waals surface area contributed by atoms with E-state index in [-0.39, 0.29) is 16.5 Å². The van der Waals surface area contributed by atoms with Gasteiger partial charge in [0.25, 0.3) is 0 Å². The van der Waals surface area contributed by atoms with Crippen molar-refractivity contribution in [1.82, 2.24) is 4.98 Å². The first-order valence-electron chi connectivity index (χ1n) is 5.67. The fourth-order valence-corrected chi connectivity index (χ4v) is 1.97. The Morgan fingerprint density at radius 1 is 0.857 bits per heavy atom. The van der Waals surface area contributed by atoms with E-state index in [9.17, 15) is 30.7 Å².